The smallest absolute Gasteiger partial charge is 0.337 e. The van der Waals surface area contributed by atoms with Crippen LogP contribution in [0.5, 0.6) is 0 Å². The van der Waals surface area contributed by atoms with Crippen LogP contribution in [-0.2, 0) is 10.5 Å². The number of carboxylic acids is 1. The van der Waals surface area contributed by atoms with Gasteiger partial charge in [-0.1, -0.05) is 30.3 Å². The summed E-state index contributed by atoms with van der Waals surface area (Å²) in [6.07, 6.45) is 0. The lowest BCUT2D eigenvalue weighted by Gasteiger charge is -2.25. The molecular weight excluding hydrogens is 270 g/mol. The largest absolute Gasteiger partial charge is 0.478 e. The van der Waals surface area contributed by atoms with Gasteiger partial charge in [0.15, 0.2) is 5.66 Å². The summed E-state index contributed by atoms with van der Waals surface area (Å²) in [5.41, 5.74) is 6.24. The zero-order valence-electron chi connectivity index (χ0n) is 11.0. The number of hydrogen-bond acceptors (Lipinski definition) is 4. The van der Waals surface area contributed by atoms with Crippen LogP contribution in [0, 0.1) is 0 Å². The molecule has 1 aliphatic heterocycles. The number of para-hydroxylation sites is 2. The molecule has 0 aromatic heterocycles. The number of nitrogens with one attached hydrogen (secondary N) is 2. The zero-order chi connectivity index (χ0) is 15.0. The number of amides is 1. The molecule has 1 atom stereocenters. The van der Waals surface area contributed by atoms with Crippen molar-refractivity contribution < 1.29 is 14.7 Å². The predicted octanol–water partition coefficient (Wildman–Crippen LogP) is 1.56. The number of aromatic carboxylic acids is 1. The Morgan fingerprint density at radius 1 is 1.14 bits per heavy atom. The van der Waals surface area contributed by atoms with E-state index >= 15 is 0 Å². The molecule has 0 radical (unpaired) electrons. The van der Waals surface area contributed by atoms with Crippen LogP contribution in [0.15, 0.2) is 48.5 Å². The summed E-state index contributed by atoms with van der Waals surface area (Å²) < 4.78 is 0. The zero-order valence-corrected chi connectivity index (χ0v) is 11.0. The minimum Gasteiger partial charge on any atom is -0.478 e. The third kappa shape index (κ3) is 2.02. The Kier molecular flexibility index (Phi) is 2.88. The molecule has 2 aromatic rings. The molecule has 0 unspecified atom stereocenters. The monoisotopic (exact) mass is 283 g/mol. The Morgan fingerprint density at radius 3 is 2.57 bits per heavy atom. The lowest BCUT2D eigenvalue weighted by molar-refractivity contribution is -0.119. The topological polar surface area (TPSA) is 104 Å². The summed E-state index contributed by atoms with van der Waals surface area (Å²) in [5, 5.41) is 14.7. The fraction of sp³-hybridized carbons (Fsp3) is 0.0667. The summed E-state index contributed by atoms with van der Waals surface area (Å²) in [6.45, 7) is 0. The van der Waals surface area contributed by atoms with Crippen molar-refractivity contribution in [3.05, 3.63) is 59.7 Å². The summed E-state index contributed by atoms with van der Waals surface area (Å²) >= 11 is 0. The van der Waals surface area contributed by atoms with Crippen LogP contribution >= 0.6 is 0 Å². The third-order valence-corrected chi connectivity index (χ3v) is 3.45. The Hall–Kier alpha value is -2.86. The fourth-order valence-electron chi connectivity index (χ4n) is 2.39. The lowest BCUT2D eigenvalue weighted by Crippen LogP contribution is -2.50. The second-order valence-corrected chi connectivity index (χ2v) is 4.78. The predicted molar refractivity (Wildman–Crippen MR) is 78.0 cm³/mol. The number of rotatable bonds is 3. The average molecular weight is 283 g/mol. The van der Waals surface area contributed by atoms with Gasteiger partial charge in [0.25, 0.3) is 5.91 Å². The molecule has 0 aliphatic carbocycles. The molecule has 5 N–H and O–H groups in total. The Labute approximate surface area is 120 Å². The first-order valence-corrected chi connectivity index (χ1v) is 6.33. The van der Waals surface area contributed by atoms with Crippen LogP contribution in [0.25, 0.3) is 0 Å². The van der Waals surface area contributed by atoms with Gasteiger partial charge < -0.3 is 15.7 Å². The van der Waals surface area contributed by atoms with Crippen LogP contribution in [0.1, 0.15) is 15.9 Å². The number of fused-ring (bicyclic) bond motifs is 1. The van der Waals surface area contributed by atoms with Crippen molar-refractivity contribution in [1.29, 1.82) is 0 Å². The SMILES string of the molecule is N[C@]1(Nc2ccccc2C(=O)O)C(=O)Nc2ccccc21. The van der Waals surface area contributed by atoms with Crippen molar-refractivity contribution in [2.75, 3.05) is 10.6 Å². The molecule has 0 bridgehead atoms. The fourth-order valence-corrected chi connectivity index (χ4v) is 2.39. The summed E-state index contributed by atoms with van der Waals surface area (Å²) in [7, 11) is 0. The molecule has 0 saturated carbocycles. The maximum Gasteiger partial charge on any atom is 0.337 e. The van der Waals surface area contributed by atoms with Gasteiger partial charge in [0, 0.05) is 11.3 Å². The molecule has 6 heteroatoms. The van der Waals surface area contributed by atoms with Gasteiger partial charge in [0.05, 0.1) is 11.3 Å². The van der Waals surface area contributed by atoms with Crippen LogP contribution < -0.4 is 16.4 Å². The highest BCUT2D eigenvalue weighted by atomic mass is 16.4. The third-order valence-electron chi connectivity index (χ3n) is 3.45. The van der Waals surface area contributed by atoms with Crippen molar-refractivity contribution in [1.82, 2.24) is 0 Å². The molecule has 0 saturated heterocycles. The molecule has 1 aliphatic rings. The standard InChI is InChI=1S/C15H13N3O3/c16-15(10-6-2-4-8-12(10)17-14(15)21)18-11-7-3-1-5-9(11)13(19)20/h1-8,18H,16H2,(H,17,21)(H,19,20)/t15-/m1/s1. The number of benzene rings is 2. The number of nitrogens with two attached hydrogens (primary N) is 1. The minimum absolute atomic E-state index is 0.0551. The molecule has 6 nitrogen and oxygen atoms in total. The Morgan fingerprint density at radius 2 is 1.81 bits per heavy atom. The number of carbonyl (C=O) groups is 2. The van der Waals surface area contributed by atoms with Gasteiger partial charge in [0.1, 0.15) is 0 Å². The first-order chi connectivity index (χ1) is 10.0. The van der Waals surface area contributed by atoms with Crippen LogP contribution in [0.3, 0.4) is 0 Å². The second-order valence-electron chi connectivity index (χ2n) is 4.78. The van der Waals surface area contributed by atoms with E-state index in [2.05, 4.69) is 10.6 Å². The second kappa shape index (κ2) is 4.60. The maximum atomic E-state index is 12.2. The van der Waals surface area contributed by atoms with E-state index in [4.69, 9.17) is 5.73 Å². The molecule has 21 heavy (non-hydrogen) atoms. The van der Waals surface area contributed by atoms with Gasteiger partial charge in [-0.25, -0.2) is 4.79 Å². The summed E-state index contributed by atoms with van der Waals surface area (Å²) in [4.78, 5) is 23.4. The van der Waals surface area contributed by atoms with Gasteiger partial charge in [0.2, 0.25) is 0 Å². The quantitative estimate of drug-likeness (QED) is 0.640. The van der Waals surface area contributed by atoms with E-state index in [-0.39, 0.29) is 5.56 Å². The van der Waals surface area contributed by atoms with Gasteiger partial charge in [-0.3, -0.25) is 10.5 Å². The summed E-state index contributed by atoms with van der Waals surface area (Å²) in [6, 6.07) is 13.3. The van der Waals surface area contributed by atoms with E-state index in [1.165, 1.54) is 6.07 Å². The van der Waals surface area contributed by atoms with Gasteiger partial charge >= 0.3 is 5.97 Å². The average Bonchev–Trinajstić information content (AvgIpc) is 2.71. The van der Waals surface area contributed by atoms with Crippen LogP contribution in [-0.4, -0.2) is 17.0 Å². The molecule has 1 heterocycles. The van der Waals surface area contributed by atoms with E-state index in [0.717, 1.165) is 0 Å². The van der Waals surface area contributed by atoms with Gasteiger partial charge in [-0.2, -0.15) is 0 Å². The first-order valence-electron chi connectivity index (χ1n) is 6.33. The first kappa shape index (κ1) is 13.1. The maximum absolute atomic E-state index is 12.2. The highest BCUT2D eigenvalue weighted by molar-refractivity contribution is 6.08. The molecule has 0 spiro atoms. The van der Waals surface area contributed by atoms with E-state index in [1.54, 1.807) is 42.5 Å². The van der Waals surface area contributed by atoms with Gasteiger partial charge in [-0.15, -0.1) is 0 Å². The molecule has 3 rings (SSSR count). The van der Waals surface area contributed by atoms with E-state index < -0.39 is 17.5 Å². The van der Waals surface area contributed by atoms with Crippen LogP contribution in [0.4, 0.5) is 11.4 Å². The van der Waals surface area contributed by atoms with Crippen molar-refractivity contribution in [2.45, 2.75) is 5.66 Å². The number of carbonyl (C=O) groups excluding carboxylic acids is 1. The van der Waals surface area contributed by atoms with Crippen molar-refractivity contribution in [3.63, 3.8) is 0 Å². The van der Waals surface area contributed by atoms with Crippen LogP contribution in [0.2, 0.25) is 0 Å². The normalized spacial score (nSPS) is 19.8. The molecule has 2 aromatic carbocycles. The number of anilines is 2. The number of hydrogen-bond donors (Lipinski definition) is 4. The highest BCUT2D eigenvalue weighted by Crippen LogP contribution is 2.35. The molecule has 1 amide bonds. The van der Waals surface area contributed by atoms with Crippen molar-refractivity contribution in [2.24, 2.45) is 5.73 Å². The summed E-state index contributed by atoms with van der Waals surface area (Å²) in [5.74, 6) is -1.52. The number of carboxylic acid groups (broad SMARTS) is 1. The molecule has 106 valence electrons. The highest BCUT2D eigenvalue weighted by Gasteiger charge is 2.44. The minimum atomic E-state index is -1.50. The van der Waals surface area contributed by atoms with E-state index in [1.807, 2.05) is 0 Å². The van der Waals surface area contributed by atoms with E-state index in [9.17, 15) is 14.7 Å². The Bertz CT molecular complexity index is 744. The molecule has 0 fully saturated rings. The van der Waals surface area contributed by atoms with Gasteiger partial charge in [-0.05, 0) is 18.2 Å². The van der Waals surface area contributed by atoms with Crippen molar-refractivity contribution in [3.8, 4) is 0 Å². The lowest BCUT2D eigenvalue weighted by atomic mass is 10.0. The van der Waals surface area contributed by atoms with Crippen molar-refractivity contribution >= 4 is 23.3 Å². The molecular formula is C15H13N3O3. The van der Waals surface area contributed by atoms with E-state index in [0.29, 0.717) is 16.9 Å². The Balaban J connectivity index is 2.06.